The van der Waals surface area contributed by atoms with Crippen LogP contribution in [0.3, 0.4) is 0 Å². The predicted molar refractivity (Wildman–Crippen MR) is 108 cm³/mol. The second kappa shape index (κ2) is 6.93. The van der Waals surface area contributed by atoms with Gasteiger partial charge in [-0.15, -0.1) is 0 Å². The molecule has 2 aromatic rings. The van der Waals surface area contributed by atoms with Gasteiger partial charge < -0.3 is 14.6 Å². The highest BCUT2D eigenvalue weighted by atomic mass is 16.3. The van der Waals surface area contributed by atoms with Crippen molar-refractivity contribution in [1.82, 2.24) is 14.5 Å². The molecule has 6 nitrogen and oxygen atoms in total. The Morgan fingerprint density at radius 1 is 1.25 bits per heavy atom. The van der Waals surface area contributed by atoms with Gasteiger partial charge in [0.15, 0.2) is 5.69 Å². The molecule has 0 radical (unpaired) electrons. The molecule has 1 aromatic heterocycles. The highest BCUT2D eigenvalue weighted by Gasteiger charge is 2.38. The Morgan fingerprint density at radius 3 is 2.71 bits per heavy atom. The van der Waals surface area contributed by atoms with E-state index < -0.39 is 11.3 Å². The molecule has 146 valence electrons. The molecule has 6 heteroatoms. The number of aromatic hydroxyl groups is 1. The third kappa shape index (κ3) is 2.93. The summed E-state index contributed by atoms with van der Waals surface area (Å²) in [5.74, 6) is -0.293. The lowest BCUT2D eigenvalue weighted by Gasteiger charge is -2.33. The molecule has 1 aromatic carbocycles. The molecule has 2 heterocycles. The molecule has 2 aliphatic rings. The van der Waals surface area contributed by atoms with E-state index in [4.69, 9.17) is 0 Å². The zero-order valence-electron chi connectivity index (χ0n) is 16.1. The average molecular weight is 379 g/mol. The van der Waals surface area contributed by atoms with Gasteiger partial charge in [0.2, 0.25) is 5.75 Å². The summed E-state index contributed by atoms with van der Waals surface area (Å²) < 4.78 is 1.75. The first kappa shape index (κ1) is 18.5. The molecule has 1 fully saturated rings. The van der Waals surface area contributed by atoms with Crippen molar-refractivity contribution < 1.29 is 9.90 Å². The summed E-state index contributed by atoms with van der Waals surface area (Å²) in [7, 11) is 1.68. The molecule has 0 saturated heterocycles. The summed E-state index contributed by atoms with van der Waals surface area (Å²) in [6, 6.07) is 8.36. The number of amides is 1. The zero-order chi connectivity index (χ0) is 19.9. The topological polar surface area (TPSA) is 75.4 Å². The Morgan fingerprint density at radius 2 is 2.00 bits per heavy atom. The van der Waals surface area contributed by atoms with Crippen LogP contribution in [0.15, 0.2) is 35.6 Å². The zero-order valence-corrected chi connectivity index (χ0v) is 16.1. The summed E-state index contributed by atoms with van der Waals surface area (Å²) in [6.45, 7) is 4.93. The molecule has 0 unspecified atom stereocenters. The molecule has 0 bridgehead atoms. The number of carbonyl (C=O) groups excluding carboxylic acids is 1. The van der Waals surface area contributed by atoms with Crippen molar-refractivity contribution in [2.45, 2.75) is 44.1 Å². The lowest BCUT2D eigenvalue weighted by Crippen LogP contribution is -2.42. The van der Waals surface area contributed by atoms with Gasteiger partial charge in [0.1, 0.15) is 5.82 Å². The highest BCUT2D eigenvalue weighted by molar-refractivity contribution is 5.95. The molecule has 0 atom stereocenters. The van der Waals surface area contributed by atoms with E-state index in [-0.39, 0.29) is 17.0 Å². The average Bonchev–Trinajstić information content (AvgIpc) is 3.18. The smallest absolute Gasteiger partial charge is 0.315 e. The van der Waals surface area contributed by atoms with Gasteiger partial charge in [-0.1, -0.05) is 49.8 Å². The van der Waals surface area contributed by atoms with Gasteiger partial charge in [-0.2, -0.15) is 4.98 Å². The molecule has 0 spiro atoms. The summed E-state index contributed by atoms with van der Waals surface area (Å²) >= 11 is 0. The molecule has 1 saturated carbocycles. The molecule has 1 aliphatic heterocycles. The summed E-state index contributed by atoms with van der Waals surface area (Å²) in [4.78, 5) is 30.6. The van der Waals surface area contributed by atoms with Crippen molar-refractivity contribution in [2.75, 3.05) is 13.6 Å². The van der Waals surface area contributed by atoms with Crippen LogP contribution in [0, 0.1) is 0 Å². The van der Waals surface area contributed by atoms with Crippen LogP contribution < -0.4 is 5.56 Å². The van der Waals surface area contributed by atoms with Gasteiger partial charge in [-0.3, -0.25) is 9.59 Å². The minimum absolute atomic E-state index is 0.0664. The Bertz CT molecular complexity index is 1000. The van der Waals surface area contributed by atoms with Crippen molar-refractivity contribution in [3.63, 3.8) is 0 Å². The van der Waals surface area contributed by atoms with E-state index in [1.54, 1.807) is 11.6 Å². The van der Waals surface area contributed by atoms with E-state index in [0.29, 0.717) is 25.3 Å². The van der Waals surface area contributed by atoms with E-state index >= 15 is 0 Å². The molecule has 4 rings (SSSR count). The van der Waals surface area contributed by atoms with Gasteiger partial charge >= 0.3 is 5.56 Å². The Labute approximate surface area is 164 Å². The Kier molecular flexibility index (Phi) is 4.57. The van der Waals surface area contributed by atoms with Crippen molar-refractivity contribution in [2.24, 2.45) is 0 Å². The quantitative estimate of drug-likeness (QED) is 0.886. The molecule has 1 amide bonds. The minimum atomic E-state index is -0.724. The van der Waals surface area contributed by atoms with E-state index in [1.165, 1.54) is 10.5 Å². The number of hydrogen-bond donors (Lipinski definition) is 1. The standard InChI is InChI=1S/C22H25N3O3/c1-3-15-7-6-8-16(13-15)22(9-4-5-10-22)14-17-23-20(27)19(26)18-21(28)24(2)11-12-25(17)18/h3,6-8,13,26H,1,4-5,9-12,14H2,2H3. The van der Waals surface area contributed by atoms with E-state index in [9.17, 15) is 14.7 Å². The number of hydrogen-bond acceptors (Lipinski definition) is 4. The summed E-state index contributed by atoms with van der Waals surface area (Å²) in [5, 5.41) is 10.2. The van der Waals surface area contributed by atoms with Gasteiger partial charge in [-0.05, 0) is 24.0 Å². The molecular formula is C22H25N3O3. The van der Waals surface area contributed by atoms with E-state index in [0.717, 1.165) is 31.2 Å². The number of likely N-dealkylation sites (N-methyl/N-ethyl adjacent to an activating group) is 1. The van der Waals surface area contributed by atoms with Gasteiger partial charge in [0, 0.05) is 32.0 Å². The highest BCUT2D eigenvalue weighted by Crippen LogP contribution is 2.44. The Balaban J connectivity index is 1.83. The maximum absolute atomic E-state index is 12.6. The first-order chi connectivity index (χ1) is 13.4. The van der Waals surface area contributed by atoms with E-state index in [2.05, 4.69) is 23.7 Å². The molecule has 1 N–H and O–H groups in total. The fourth-order valence-electron chi connectivity index (χ4n) is 4.63. The van der Waals surface area contributed by atoms with E-state index in [1.807, 2.05) is 18.2 Å². The first-order valence-electron chi connectivity index (χ1n) is 9.76. The fraction of sp³-hybridized carbons (Fsp3) is 0.409. The number of fused-ring (bicyclic) bond motifs is 1. The van der Waals surface area contributed by atoms with Crippen LogP contribution >= 0.6 is 0 Å². The number of nitrogens with zero attached hydrogens (tertiary/aromatic N) is 3. The van der Waals surface area contributed by atoms with Crippen LogP contribution in [0.2, 0.25) is 0 Å². The van der Waals surface area contributed by atoms with Crippen LogP contribution in [0.1, 0.15) is 53.1 Å². The first-order valence-corrected chi connectivity index (χ1v) is 9.76. The second-order valence-corrected chi connectivity index (χ2v) is 7.90. The summed E-state index contributed by atoms with van der Waals surface area (Å²) in [5.41, 5.74) is 1.51. The number of benzene rings is 1. The van der Waals surface area contributed by atoms with Crippen molar-refractivity contribution in [1.29, 1.82) is 0 Å². The predicted octanol–water partition coefficient (Wildman–Crippen LogP) is 2.73. The van der Waals surface area contributed by atoms with Crippen LogP contribution in [0.5, 0.6) is 5.75 Å². The third-order valence-corrected chi connectivity index (χ3v) is 6.24. The maximum atomic E-state index is 12.6. The fourth-order valence-corrected chi connectivity index (χ4v) is 4.63. The monoisotopic (exact) mass is 379 g/mol. The molecular weight excluding hydrogens is 354 g/mol. The second-order valence-electron chi connectivity index (χ2n) is 7.90. The van der Waals surface area contributed by atoms with Gasteiger partial charge in [0.25, 0.3) is 5.91 Å². The number of rotatable bonds is 4. The number of aromatic nitrogens is 2. The van der Waals surface area contributed by atoms with Crippen molar-refractivity contribution in [3.05, 3.63) is 63.8 Å². The van der Waals surface area contributed by atoms with Gasteiger partial charge in [-0.25, -0.2) is 0 Å². The molecule has 28 heavy (non-hydrogen) atoms. The lowest BCUT2D eigenvalue weighted by molar-refractivity contribution is 0.0737. The van der Waals surface area contributed by atoms with Crippen molar-refractivity contribution >= 4 is 12.0 Å². The Hall–Kier alpha value is -2.89. The molecule has 1 aliphatic carbocycles. The van der Waals surface area contributed by atoms with Crippen LogP contribution in [-0.4, -0.2) is 39.1 Å². The van der Waals surface area contributed by atoms with Crippen LogP contribution in [0.4, 0.5) is 0 Å². The third-order valence-electron chi connectivity index (χ3n) is 6.24. The summed E-state index contributed by atoms with van der Waals surface area (Å²) in [6.07, 6.45) is 6.67. The maximum Gasteiger partial charge on any atom is 0.315 e. The normalized spacial score (nSPS) is 18.2. The van der Waals surface area contributed by atoms with Crippen molar-refractivity contribution in [3.8, 4) is 5.75 Å². The number of carbonyl (C=O) groups is 1. The van der Waals surface area contributed by atoms with Crippen LogP contribution in [-0.2, 0) is 18.4 Å². The lowest BCUT2D eigenvalue weighted by atomic mass is 9.75. The van der Waals surface area contributed by atoms with Gasteiger partial charge in [0.05, 0.1) is 0 Å². The minimum Gasteiger partial charge on any atom is -0.501 e. The SMILES string of the molecule is C=Cc1cccc(C2(Cc3nc(=O)c(O)c4n3CCN(C)C4=O)CCCC2)c1. The largest absolute Gasteiger partial charge is 0.501 e. The van der Waals surface area contributed by atoms with Crippen LogP contribution in [0.25, 0.3) is 6.08 Å².